The Morgan fingerprint density at radius 3 is 2.56 bits per heavy atom. The number of nitrogens with zero attached hydrogens (tertiary/aromatic N) is 1. The van der Waals surface area contributed by atoms with Gasteiger partial charge in [0.15, 0.2) is 0 Å². The second-order valence-electron chi connectivity index (χ2n) is 5.88. The maximum absolute atomic E-state index is 12.1. The summed E-state index contributed by atoms with van der Waals surface area (Å²) < 4.78 is 11.0. The first-order chi connectivity index (χ1) is 12.1. The SMILES string of the molecule is COc1ccccc1CCNC(=O)N(C)CCOc1ccc(C)cc1. The van der Waals surface area contributed by atoms with E-state index in [2.05, 4.69) is 5.32 Å². The molecule has 0 aliphatic heterocycles. The van der Waals surface area contributed by atoms with E-state index in [9.17, 15) is 4.79 Å². The van der Waals surface area contributed by atoms with E-state index >= 15 is 0 Å². The minimum absolute atomic E-state index is 0.109. The lowest BCUT2D eigenvalue weighted by atomic mass is 10.1. The lowest BCUT2D eigenvalue weighted by Gasteiger charge is -2.18. The van der Waals surface area contributed by atoms with Crippen molar-refractivity contribution in [3.8, 4) is 11.5 Å². The Bertz CT molecular complexity index is 671. The molecule has 5 heteroatoms. The zero-order chi connectivity index (χ0) is 18.1. The van der Waals surface area contributed by atoms with Gasteiger partial charge in [-0.1, -0.05) is 35.9 Å². The molecule has 2 aromatic rings. The Labute approximate surface area is 149 Å². The molecule has 0 spiro atoms. The van der Waals surface area contributed by atoms with Crippen molar-refractivity contribution < 1.29 is 14.3 Å². The molecular formula is C20H26N2O3. The van der Waals surface area contributed by atoms with Crippen LogP contribution in [0, 0.1) is 6.92 Å². The van der Waals surface area contributed by atoms with Gasteiger partial charge in [-0.25, -0.2) is 4.79 Å². The average molecular weight is 342 g/mol. The maximum Gasteiger partial charge on any atom is 0.317 e. The van der Waals surface area contributed by atoms with Crippen LogP contribution in [0.15, 0.2) is 48.5 Å². The van der Waals surface area contributed by atoms with Gasteiger partial charge < -0.3 is 19.7 Å². The van der Waals surface area contributed by atoms with Gasteiger partial charge in [0.25, 0.3) is 0 Å². The fourth-order valence-corrected chi connectivity index (χ4v) is 2.39. The molecular weight excluding hydrogens is 316 g/mol. The van der Waals surface area contributed by atoms with Gasteiger partial charge in [0.1, 0.15) is 18.1 Å². The number of carbonyl (C=O) groups excluding carboxylic acids is 1. The third kappa shape index (κ3) is 6.03. The number of carbonyl (C=O) groups is 1. The molecule has 0 bridgehead atoms. The molecule has 0 aromatic heterocycles. The van der Waals surface area contributed by atoms with Crippen molar-refractivity contribution in [1.29, 1.82) is 0 Å². The van der Waals surface area contributed by atoms with Crippen molar-refractivity contribution in [2.45, 2.75) is 13.3 Å². The highest BCUT2D eigenvalue weighted by molar-refractivity contribution is 5.73. The molecule has 5 nitrogen and oxygen atoms in total. The van der Waals surface area contributed by atoms with Gasteiger partial charge >= 0.3 is 6.03 Å². The van der Waals surface area contributed by atoms with Crippen LogP contribution in [-0.2, 0) is 6.42 Å². The van der Waals surface area contributed by atoms with Crippen molar-refractivity contribution in [3.63, 3.8) is 0 Å². The van der Waals surface area contributed by atoms with Crippen LogP contribution in [0.2, 0.25) is 0 Å². The molecule has 2 rings (SSSR count). The number of methoxy groups -OCH3 is 1. The van der Waals surface area contributed by atoms with Gasteiger partial charge in [-0.05, 0) is 37.1 Å². The van der Waals surface area contributed by atoms with E-state index < -0.39 is 0 Å². The van der Waals surface area contributed by atoms with Gasteiger partial charge in [0.05, 0.1) is 13.7 Å². The number of likely N-dealkylation sites (N-methyl/N-ethyl adjacent to an activating group) is 1. The maximum atomic E-state index is 12.1. The predicted octanol–water partition coefficient (Wildman–Crippen LogP) is 3.27. The van der Waals surface area contributed by atoms with E-state index in [4.69, 9.17) is 9.47 Å². The lowest BCUT2D eigenvalue weighted by Crippen LogP contribution is -2.40. The number of aryl methyl sites for hydroxylation is 1. The van der Waals surface area contributed by atoms with Crippen LogP contribution in [0.1, 0.15) is 11.1 Å². The Hall–Kier alpha value is -2.69. The van der Waals surface area contributed by atoms with E-state index in [1.165, 1.54) is 5.56 Å². The number of hydrogen-bond donors (Lipinski definition) is 1. The molecule has 25 heavy (non-hydrogen) atoms. The number of amides is 2. The fraction of sp³-hybridized carbons (Fsp3) is 0.350. The van der Waals surface area contributed by atoms with E-state index in [0.717, 1.165) is 23.5 Å². The van der Waals surface area contributed by atoms with Crippen LogP contribution in [0.5, 0.6) is 11.5 Å². The van der Waals surface area contributed by atoms with Crippen LogP contribution in [-0.4, -0.2) is 44.8 Å². The first kappa shape index (κ1) is 18.6. The summed E-state index contributed by atoms with van der Waals surface area (Å²) in [5.41, 5.74) is 2.27. The molecule has 1 N–H and O–H groups in total. The summed E-state index contributed by atoms with van der Waals surface area (Å²) in [5, 5.41) is 2.91. The van der Waals surface area contributed by atoms with Crippen molar-refractivity contribution in [2.75, 3.05) is 33.9 Å². The summed E-state index contributed by atoms with van der Waals surface area (Å²) in [5.74, 6) is 1.66. The van der Waals surface area contributed by atoms with Gasteiger partial charge in [-0.15, -0.1) is 0 Å². The number of benzene rings is 2. The first-order valence-corrected chi connectivity index (χ1v) is 8.40. The molecule has 0 aliphatic rings. The normalized spacial score (nSPS) is 10.2. The average Bonchev–Trinajstić information content (AvgIpc) is 2.63. The number of nitrogens with one attached hydrogen (secondary N) is 1. The number of hydrogen-bond acceptors (Lipinski definition) is 3. The number of para-hydroxylation sites is 1. The van der Waals surface area contributed by atoms with E-state index in [1.807, 2.05) is 55.5 Å². The topological polar surface area (TPSA) is 50.8 Å². The smallest absolute Gasteiger partial charge is 0.317 e. The van der Waals surface area contributed by atoms with Gasteiger partial charge in [-0.3, -0.25) is 0 Å². The third-order valence-electron chi connectivity index (χ3n) is 3.93. The summed E-state index contributed by atoms with van der Waals surface area (Å²) in [7, 11) is 3.41. The molecule has 0 aliphatic carbocycles. The van der Waals surface area contributed by atoms with E-state index in [1.54, 1.807) is 19.1 Å². The fourth-order valence-electron chi connectivity index (χ4n) is 2.39. The van der Waals surface area contributed by atoms with E-state index in [0.29, 0.717) is 19.7 Å². The van der Waals surface area contributed by atoms with Crippen LogP contribution in [0.4, 0.5) is 4.79 Å². The third-order valence-corrected chi connectivity index (χ3v) is 3.93. The molecule has 0 atom stereocenters. The molecule has 2 aromatic carbocycles. The monoisotopic (exact) mass is 342 g/mol. The standard InChI is InChI=1S/C20H26N2O3/c1-16-8-10-18(11-9-16)25-15-14-22(2)20(23)21-13-12-17-6-4-5-7-19(17)24-3/h4-11H,12-15H2,1-3H3,(H,21,23). The minimum atomic E-state index is -0.109. The van der Waals surface area contributed by atoms with Crippen molar-refractivity contribution >= 4 is 6.03 Å². The second-order valence-corrected chi connectivity index (χ2v) is 5.88. The molecule has 0 saturated heterocycles. The Morgan fingerprint density at radius 2 is 1.84 bits per heavy atom. The Balaban J connectivity index is 1.68. The summed E-state index contributed by atoms with van der Waals surface area (Å²) in [6.07, 6.45) is 0.726. The van der Waals surface area contributed by atoms with Crippen molar-refractivity contribution in [3.05, 3.63) is 59.7 Å². The highest BCUT2D eigenvalue weighted by atomic mass is 16.5. The number of ether oxygens (including phenoxy) is 2. The second kappa shape index (κ2) is 9.57. The summed E-state index contributed by atoms with van der Waals surface area (Å²) in [4.78, 5) is 13.7. The van der Waals surface area contributed by atoms with Crippen LogP contribution >= 0.6 is 0 Å². The zero-order valence-electron chi connectivity index (χ0n) is 15.1. The summed E-state index contributed by atoms with van der Waals surface area (Å²) in [6.45, 7) is 3.57. The minimum Gasteiger partial charge on any atom is -0.496 e. The Kier molecular flexibility index (Phi) is 7.14. The summed E-state index contributed by atoms with van der Waals surface area (Å²) in [6, 6.07) is 15.6. The molecule has 0 heterocycles. The van der Waals surface area contributed by atoms with Crippen molar-refractivity contribution in [2.24, 2.45) is 0 Å². The van der Waals surface area contributed by atoms with Crippen LogP contribution < -0.4 is 14.8 Å². The zero-order valence-corrected chi connectivity index (χ0v) is 15.1. The van der Waals surface area contributed by atoms with Gasteiger partial charge in [-0.2, -0.15) is 0 Å². The molecule has 0 saturated carbocycles. The van der Waals surface area contributed by atoms with Gasteiger partial charge in [0.2, 0.25) is 0 Å². The van der Waals surface area contributed by atoms with Crippen LogP contribution in [0.3, 0.4) is 0 Å². The molecule has 0 unspecified atom stereocenters. The highest BCUT2D eigenvalue weighted by Crippen LogP contribution is 2.17. The van der Waals surface area contributed by atoms with Crippen molar-refractivity contribution in [1.82, 2.24) is 10.2 Å². The molecule has 0 fully saturated rings. The number of rotatable bonds is 8. The lowest BCUT2D eigenvalue weighted by molar-refractivity contribution is 0.195. The predicted molar refractivity (Wildman–Crippen MR) is 99.4 cm³/mol. The summed E-state index contributed by atoms with van der Waals surface area (Å²) >= 11 is 0. The van der Waals surface area contributed by atoms with Crippen LogP contribution in [0.25, 0.3) is 0 Å². The largest absolute Gasteiger partial charge is 0.496 e. The quantitative estimate of drug-likeness (QED) is 0.801. The first-order valence-electron chi connectivity index (χ1n) is 8.40. The molecule has 0 radical (unpaired) electrons. The molecule has 2 amide bonds. The number of urea groups is 1. The highest BCUT2D eigenvalue weighted by Gasteiger charge is 2.08. The Morgan fingerprint density at radius 1 is 1.12 bits per heavy atom. The molecule has 134 valence electrons. The van der Waals surface area contributed by atoms with E-state index in [-0.39, 0.29) is 6.03 Å². The van der Waals surface area contributed by atoms with Gasteiger partial charge in [0, 0.05) is 13.6 Å².